The van der Waals surface area contributed by atoms with Gasteiger partial charge in [-0.25, -0.2) is 0 Å². The lowest BCUT2D eigenvalue weighted by Gasteiger charge is -2.39. The van der Waals surface area contributed by atoms with Crippen LogP contribution in [0.1, 0.15) is 53.9 Å². The lowest BCUT2D eigenvalue weighted by atomic mass is 9.78. The van der Waals surface area contributed by atoms with Gasteiger partial charge in [-0.05, 0) is 64.7 Å². The molecule has 0 radical (unpaired) electrons. The normalized spacial score (nSPS) is 25.1. The average molecular weight is 240 g/mol. The molecule has 0 aliphatic carbocycles. The van der Waals surface area contributed by atoms with Crippen molar-refractivity contribution in [2.45, 2.75) is 59.9 Å². The van der Waals surface area contributed by atoms with E-state index in [1.807, 2.05) is 13.8 Å². The van der Waals surface area contributed by atoms with E-state index in [0.717, 1.165) is 6.04 Å². The molecule has 0 aromatic rings. The van der Waals surface area contributed by atoms with Crippen molar-refractivity contribution < 1.29 is 0 Å². The van der Waals surface area contributed by atoms with Crippen molar-refractivity contribution in [3.8, 4) is 0 Å². The number of rotatable bonds is 2. The Kier molecular flexibility index (Phi) is 5.94. The van der Waals surface area contributed by atoms with Gasteiger partial charge in [0.1, 0.15) is 0 Å². The van der Waals surface area contributed by atoms with E-state index in [1.165, 1.54) is 52.0 Å². The van der Waals surface area contributed by atoms with Crippen LogP contribution < -0.4 is 0 Å². The number of hydrogen-bond donors (Lipinski definition) is 0. The molecule has 0 saturated carbocycles. The summed E-state index contributed by atoms with van der Waals surface area (Å²) in [6.07, 6.45) is 4.32. The Bertz CT molecular complexity index is 205. The predicted molar refractivity (Wildman–Crippen MR) is 76.5 cm³/mol. The van der Waals surface area contributed by atoms with E-state index in [2.05, 4.69) is 30.6 Å². The number of nitrogens with zero attached hydrogens (tertiary/aromatic N) is 2. The highest BCUT2D eigenvalue weighted by Crippen LogP contribution is 2.40. The first-order chi connectivity index (χ1) is 8.15. The fraction of sp³-hybridized carbons (Fsp3) is 1.00. The summed E-state index contributed by atoms with van der Waals surface area (Å²) in [6, 6.07) is 0.744. The van der Waals surface area contributed by atoms with Crippen LogP contribution in [-0.2, 0) is 0 Å². The highest BCUT2D eigenvalue weighted by atomic mass is 15.2. The van der Waals surface area contributed by atoms with E-state index in [9.17, 15) is 0 Å². The molecule has 102 valence electrons. The zero-order chi connectivity index (χ0) is 12.9. The summed E-state index contributed by atoms with van der Waals surface area (Å²) in [5.41, 5.74) is 0.690. The van der Waals surface area contributed by atoms with Crippen molar-refractivity contribution in [1.29, 1.82) is 0 Å². The molecule has 2 aliphatic heterocycles. The van der Waals surface area contributed by atoms with E-state index >= 15 is 0 Å². The quantitative estimate of drug-likeness (QED) is 0.731. The smallest absolute Gasteiger partial charge is 0.00421 e. The van der Waals surface area contributed by atoms with Gasteiger partial charge < -0.3 is 9.80 Å². The van der Waals surface area contributed by atoms with Crippen LogP contribution in [0.4, 0.5) is 0 Å². The Morgan fingerprint density at radius 2 is 1.53 bits per heavy atom. The van der Waals surface area contributed by atoms with Gasteiger partial charge in [0.2, 0.25) is 0 Å². The summed E-state index contributed by atoms with van der Waals surface area (Å²) in [6.45, 7) is 17.6. The minimum atomic E-state index is 0.690. The van der Waals surface area contributed by atoms with E-state index < -0.39 is 0 Å². The maximum Gasteiger partial charge on any atom is 0.00421 e. The van der Waals surface area contributed by atoms with Gasteiger partial charge in [-0.1, -0.05) is 20.8 Å². The van der Waals surface area contributed by atoms with Gasteiger partial charge >= 0.3 is 0 Å². The van der Waals surface area contributed by atoms with Crippen molar-refractivity contribution in [3.05, 3.63) is 0 Å². The van der Waals surface area contributed by atoms with Crippen LogP contribution in [0.5, 0.6) is 0 Å². The highest BCUT2D eigenvalue weighted by Gasteiger charge is 2.40. The molecule has 2 heterocycles. The SMILES string of the molecule is CC.CCN1CCC2(CC1)CCN(C(C)C)C2. The van der Waals surface area contributed by atoms with Crippen molar-refractivity contribution >= 4 is 0 Å². The fourth-order valence-corrected chi connectivity index (χ4v) is 3.16. The van der Waals surface area contributed by atoms with Crippen LogP contribution in [0.3, 0.4) is 0 Å². The molecule has 0 bridgehead atoms. The van der Waals surface area contributed by atoms with E-state index in [-0.39, 0.29) is 0 Å². The summed E-state index contributed by atoms with van der Waals surface area (Å²) in [5, 5.41) is 0. The molecule has 1 spiro atoms. The Labute approximate surface area is 108 Å². The van der Waals surface area contributed by atoms with E-state index in [4.69, 9.17) is 0 Å². The first-order valence-corrected chi connectivity index (χ1v) is 7.62. The summed E-state index contributed by atoms with van der Waals surface area (Å²) in [7, 11) is 0. The van der Waals surface area contributed by atoms with Gasteiger partial charge in [-0.2, -0.15) is 0 Å². The molecule has 0 amide bonds. The molecular formula is C15H32N2. The maximum atomic E-state index is 2.67. The minimum absolute atomic E-state index is 0.690. The van der Waals surface area contributed by atoms with Gasteiger partial charge in [-0.15, -0.1) is 0 Å². The van der Waals surface area contributed by atoms with Crippen LogP contribution >= 0.6 is 0 Å². The molecule has 2 aliphatic rings. The third-order valence-corrected chi connectivity index (χ3v) is 4.56. The van der Waals surface area contributed by atoms with Crippen LogP contribution in [-0.4, -0.2) is 48.6 Å². The van der Waals surface area contributed by atoms with Crippen molar-refractivity contribution in [2.24, 2.45) is 5.41 Å². The Morgan fingerprint density at radius 1 is 1.00 bits per heavy atom. The highest BCUT2D eigenvalue weighted by molar-refractivity contribution is 4.94. The van der Waals surface area contributed by atoms with Crippen molar-refractivity contribution in [1.82, 2.24) is 9.80 Å². The molecule has 2 saturated heterocycles. The van der Waals surface area contributed by atoms with Gasteiger partial charge in [0.05, 0.1) is 0 Å². The summed E-state index contributed by atoms with van der Waals surface area (Å²) in [4.78, 5) is 5.27. The second-order valence-corrected chi connectivity index (χ2v) is 5.75. The first-order valence-electron chi connectivity index (χ1n) is 7.62. The third kappa shape index (κ3) is 3.69. The number of hydrogen-bond acceptors (Lipinski definition) is 2. The van der Waals surface area contributed by atoms with Crippen LogP contribution in [0, 0.1) is 5.41 Å². The lowest BCUT2D eigenvalue weighted by molar-refractivity contribution is 0.107. The standard InChI is InChI=1S/C13H26N2.C2H6/c1-4-14-8-5-13(6-9-14)7-10-15(11-13)12(2)3;1-2/h12H,4-11H2,1-3H3;1-2H3. The van der Waals surface area contributed by atoms with E-state index in [0.29, 0.717) is 5.41 Å². The zero-order valence-corrected chi connectivity index (χ0v) is 12.6. The molecule has 0 aromatic heterocycles. The van der Waals surface area contributed by atoms with Crippen LogP contribution in [0.2, 0.25) is 0 Å². The predicted octanol–water partition coefficient (Wildman–Crippen LogP) is 3.23. The number of likely N-dealkylation sites (tertiary alicyclic amines) is 2. The molecule has 2 rings (SSSR count). The molecule has 0 unspecified atom stereocenters. The maximum absolute atomic E-state index is 2.67. The van der Waals surface area contributed by atoms with Crippen LogP contribution in [0.25, 0.3) is 0 Å². The van der Waals surface area contributed by atoms with Crippen molar-refractivity contribution in [3.63, 3.8) is 0 Å². The summed E-state index contributed by atoms with van der Waals surface area (Å²) < 4.78 is 0. The van der Waals surface area contributed by atoms with E-state index in [1.54, 1.807) is 0 Å². The monoisotopic (exact) mass is 240 g/mol. The van der Waals surface area contributed by atoms with Crippen LogP contribution in [0.15, 0.2) is 0 Å². The third-order valence-electron chi connectivity index (χ3n) is 4.56. The average Bonchev–Trinajstić information content (AvgIpc) is 2.77. The second kappa shape index (κ2) is 6.75. The molecule has 0 aromatic carbocycles. The number of piperidine rings is 1. The Morgan fingerprint density at radius 3 is 1.94 bits per heavy atom. The molecular weight excluding hydrogens is 208 g/mol. The molecule has 2 nitrogen and oxygen atoms in total. The van der Waals surface area contributed by atoms with Gasteiger partial charge in [-0.3, -0.25) is 0 Å². The first kappa shape index (κ1) is 15.0. The molecule has 2 fully saturated rings. The Balaban J connectivity index is 0.000000686. The Hall–Kier alpha value is -0.0800. The molecule has 17 heavy (non-hydrogen) atoms. The van der Waals surface area contributed by atoms with Gasteiger partial charge in [0.15, 0.2) is 0 Å². The fourth-order valence-electron chi connectivity index (χ4n) is 3.16. The molecule has 2 heteroatoms. The minimum Gasteiger partial charge on any atom is -0.304 e. The zero-order valence-electron chi connectivity index (χ0n) is 12.6. The topological polar surface area (TPSA) is 6.48 Å². The lowest BCUT2D eigenvalue weighted by Crippen LogP contribution is -2.42. The van der Waals surface area contributed by atoms with Gasteiger partial charge in [0, 0.05) is 12.6 Å². The summed E-state index contributed by atoms with van der Waals surface area (Å²) >= 11 is 0. The largest absolute Gasteiger partial charge is 0.304 e. The van der Waals surface area contributed by atoms with Crippen molar-refractivity contribution in [2.75, 3.05) is 32.7 Å². The summed E-state index contributed by atoms with van der Waals surface area (Å²) in [5.74, 6) is 0. The molecule has 0 N–H and O–H groups in total. The second-order valence-electron chi connectivity index (χ2n) is 5.75. The molecule has 0 atom stereocenters. The van der Waals surface area contributed by atoms with Gasteiger partial charge in [0.25, 0.3) is 0 Å².